The molecule has 1 saturated carbocycles. The third-order valence-electron chi connectivity index (χ3n) is 3.55. The van der Waals surface area contributed by atoms with Crippen LogP contribution < -0.4 is 11.1 Å². The van der Waals surface area contributed by atoms with Crippen LogP contribution in [0.25, 0.3) is 0 Å². The lowest BCUT2D eigenvalue weighted by Crippen LogP contribution is -2.34. The van der Waals surface area contributed by atoms with Gasteiger partial charge in [-0.25, -0.2) is 0 Å². The third-order valence-corrected chi connectivity index (χ3v) is 3.55. The first-order valence-electron chi connectivity index (χ1n) is 6.83. The second kappa shape index (κ2) is 5.61. The molecule has 1 fully saturated rings. The molecule has 1 aromatic rings. The minimum Gasteiger partial charge on any atom is -0.395 e. The molecule has 0 aliphatic heterocycles. The van der Waals surface area contributed by atoms with Crippen LogP contribution in [-0.2, 0) is 0 Å². The van der Waals surface area contributed by atoms with Crippen molar-refractivity contribution < 1.29 is 4.79 Å². The van der Waals surface area contributed by atoms with Crippen LogP contribution in [0.5, 0.6) is 0 Å². The van der Waals surface area contributed by atoms with Crippen LogP contribution in [0.4, 0.5) is 5.69 Å². The summed E-state index contributed by atoms with van der Waals surface area (Å²) >= 11 is 0. The van der Waals surface area contributed by atoms with Crippen molar-refractivity contribution in [2.75, 3.05) is 25.9 Å². The molecule has 0 bridgehead atoms. The van der Waals surface area contributed by atoms with E-state index >= 15 is 0 Å². The molecule has 1 aromatic heterocycles. The standard InChI is InChI=1S/C13H23N5O/c1-8(2)11-10(14)12(17-16-11)13(19)15-6-7-18(3)9-4-5-9/h8-9H,4-7,14H2,1-3H3,(H,15,19)(H,16,17). The molecule has 1 amide bonds. The number of hydrogen-bond acceptors (Lipinski definition) is 4. The van der Waals surface area contributed by atoms with Crippen LogP contribution in [-0.4, -0.2) is 47.2 Å². The van der Waals surface area contributed by atoms with Crippen LogP contribution >= 0.6 is 0 Å². The van der Waals surface area contributed by atoms with Crippen molar-refractivity contribution in [1.82, 2.24) is 20.4 Å². The highest BCUT2D eigenvalue weighted by atomic mass is 16.1. The Hall–Kier alpha value is -1.56. The van der Waals surface area contributed by atoms with Crippen LogP contribution in [0.2, 0.25) is 0 Å². The summed E-state index contributed by atoms with van der Waals surface area (Å²) in [6, 6.07) is 0.708. The van der Waals surface area contributed by atoms with E-state index in [-0.39, 0.29) is 11.8 Å². The van der Waals surface area contributed by atoms with Gasteiger partial charge < -0.3 is 16.0 Å². The number of rotatable bonds is 6. The maximum atomic E-state index is 12.0. The van der Waals surface area contributed by atoms with E-state index < -0.39 is 0 Å². The summed E-state index contributed by atoms with van der Waals surface area (Å²) in [5, 5.41) is 9.70. The third kappa shape index (κ3) is 3.26. The van der Waals surface area contributed by atoms with Crippen molar-refractivity contribution in [2.24, 2.45) is 0 Å². The molecular weight excluding hydrogens is 242 g/mol. The van der Waals surface area contributed by atoms with Crippen molar-refractivity contribution in [3.63, 3.8) is 0 Å². The predicted molar refractivity (Wildman–Crippen MR) is 75.1 cm³/mol. The Morgan fingerprint density at radius 1 is 1.58 bits per heavy atom. The fourth-order valence-electron chi connectivity index (χ4n) is 2.10. The molecule has 1 aliphatic carbocycles. The number of carbonyl (C=O) groups excluding carboxylic acids is 1. The van der Waals surface area contributed by atoms with Crippen LogP contribution in [0.15, 0.2) is 0 Å². The molecule has 0 aromatic carbocycles. The summed E-state index contributed by atoms with van der Waals surface area (Å²) in [7, 11) is 2.09. The largest absolute Gasteiger partial charge is 0.395 e. The molecule has 0 spiro atoms. The number of nitrogens with one attached hydrogen (secondary N) is 2. The molecule has 19 heavy (non-hydrogen) atoms. The van der Waals surface area contributed by atoms with E-state index in [0.29, 0.717) is 24.0 Å². The topological polar surface area (TPSA) is 87.0 Å². The Morgan fingerprint density at radius 2 is 2.26 bits per heavy atom. The number of nitrogens with zero attached hydrogens (tertiary/aromatic N) is 2. The zero-order chi connectivity index (χ0) is 14.0. The lowest BCUT2D eigenvalue weighted by atomic mass is 10.1. The van der Waals surface area contributed by atoms with E-state index in [0.717, 1.165) is 12.2 Å². The fourth-order valence-corrected chi connectivity index (χ4v) is 2.10. The van der Waals surface area contributed by atoms with E-state index in [9.17, 15) is 4.79 Å². The summed E-state index contributed by atoms with van der Waals surface area (Å²) in [4.78, 5) is 14.2. The maximum absolute atomic E-state index is 12.0. The van der Waals surface area contributed by atoms with Crippen molar-refractivity contribution >= 4 is 11.6 Å². The number of aromatic nitrogens is 2. The first-order valence-corrected chi connectivity index (χ1v) is 6.83. The molecular formula is C13H23N5O. The molecule has 0 saturated heterocycles. The van der Waals surface area contributed by atoms with Gasteiger partial charge in [0.1, 0.15) is 0 Å². The minimum absolute atomic E-state index is 0.204. The zero-order valence-electron chi connectivity index (χ0n) is 11.9. The Labute approximate surface area is 113 Å². The second-order valence-electron chi connectivity index (χ2n) is 5.52. The number of nitrogens with two attached hydrogens (primary N) is 1. The fraction of sp³-hybridized carbons (Fsp3) is 0.692. The highest BCUT2D eigenvalue weighted by Gasteiger charge is 2.25. The smallest absolute Gasteiger partial charge is 0.273 e. The Morgan fingerprint density at radius 3 is 2.79 bits per heavy atom. The van der Waals surface area contributed by atoms with Gasteiger partial charge in [-0.3, -0.25) is 9.89 Å². The molecule has 6 heteroatoms. The number of H-pyrrole nitrogens is 1. The van der Waals surface area contributed by atoms with Crippen molar-refractivity contribution in [3.8, 4) is 0 Å². The normalized spacial score (nSPS) is 15.2. The van der Waals surface area contributed by atoms with Crippen molar-refractivity contribution in [3.05, 3.63) is 11.4 Å². The maximum Gasteiger partial charge on any atom is 0.273 e. The predicted octanol–water partition coefficient (Wildman–Crippen LogP) is 0.939. The first kappa shape index (κ1) is 13.9. The Kier molecular flexibility index (Phi) is 4.09. The lowest BCUT2D eigenvalue weighted by molar-refractivity contribution is 0.0945. The van der Waals surface area contributed by atoms with Gasteiger partial charge in [0.2, 0.25) is 0 Å². The number of hydrogen-bond donors (Lipinski definition) is 3. The first-order chi connectivity index (χ1) is 9.00. The van der Waals surface area contributed by atoms with Gasteiger partial charge >= 0.3 is 0 Å². The highest BCUT2D eigenvalue weighted by Crippen LogP contribution is 2.24. The average molecular weight is 265 g/mol. The van der Waals surface area contributed by atoms with E-state index in [4.69, 9.17) is 5.73 Å². The van der Waals surface area contributed by atoms with Gasteiger partial charge in [0, 0.05) is 19.1 Å². The number of carbonyl (C=O) groups is 1. The number of amides is 1. The number of nitrogen functional groups attached to an aromatic ring is 1. The van der Waals surface area contributed by atoms with Crippen LogP contribution in [0.1, 0.15) is 48.8 Å². The summed E-state index contributed by atoms with van der Waals surface area (Å²) in [6.45, 7) is 5.50. The monoisotopic (exact) mass is 265 g/mol. The molecule has 1 heterocycles. The van der Waals surface area contributed by atoms with Gasteiger partial charge in [0.15, 0.2) is 5.69 Å². The summed E-state index contributed by atoms with van der Waals surface area (Å²) in [6.07, 6.45) is 2.54. The lowest BCUT2D eigenvalue weighted by Gasteiger charge is -2.15. The zero-order valence-corrected chi connectivity index (χ0v) is 11.9. The van der Waals surface area contributed by atoms with E-state index in [1.165, 1.54) is 12.8 Å². The summed E-state index contributed by atoms with van der Waals surface area (Å²) < 4.78 is 0. The molecule has 0 atom stereocenters. The Balaban J connectivity index is 1.85. The molecule has 2 rings (SSSR count). The minimum atomic E-state index is -0.204. The SMILES string of the molecule is CC(C)c1[nH]nc(C(=O)NCCN(C)C2CC2)c1N. The van der Waals surface area contributed by atoms with Gasteiger partial charge in [-0.1, -0.05) is 13.8 Å². The molecule has 1 aliphatic rings. The van der Waals surface area contributed by atoms with Gasteiger partial charge in [0.25, 0.3) is 5.91 Å². The summed E-state index contributed by atoms with van der Waals surface area (Å²) in [5.74, 6) is 0.0277. The van der Waals surface area contributed by atoms with Gasteiger partial charge in [-0.05, 0) is 25.8 Å². The van der Waals surface area contributed by atoms with E-state index in [2.05, 4.69) is 27.5 Å². The molecule has 4 N–H and O–H groups in total. The molecule has 106 valence electrons. The Bertz CT molecular complexity index is 450. The number of anilines is 1. The van der Waals surface area contributed by atoms with E-state index in [1.54, 1.807) is 0 Å². The molecule has 0 unspecified atom stereocenters. The van der Waals surface area contributed by atoms with Crippen LogP contribution in [0, 0.1) is 0 Å². The average Bonchev–Trinajstić information content (AvgIpc) is 3.12. The number of likely N-dealkylation sites (N-methyl/N-ethyl adjacent to an activating group) is 1. The quantitative estimate of drug-likeness (QED) is 0.714. The van der Waals surface area contributed by atoms with Crippen molar-refractivity contribution in [1.29, 1.82) is 0 Å². The van der Waals surface area contributed by atoms with Gasteiger partial charge in [0.05, 0.1) is 11.4 Å². The molecule has 0 radical (unpaired) electrons. The van der Waals surface area contributed by atoms with Gasteiger partial charge in [-0.15, -0.1) is 0 Å². The molecule has 6 nitrogen and oxygen atoms in total. The van der Waals surface area contributed by atoms with Crippen LogP contribution in [0.3, 0.4) is 0 Å². The van der Waals surface area contributed by atoms with Crippen molar-refractivity contribution in [2.45, 2.75) is 38.6 Å². The summed E-state index contributed by atoms with van der Waals surface area (Å²) in [5.41, 5.74) is 7.51. The highest BCUT2D eigenvalue weighted by molar-refractivity contribution is 5.97. The second-order valence-corrected chi connectivity index (χ2v) is 5.52. The van der Waals surface area contributed by atoms with Gasteiger partial charge in [-0.2, -0.15) is 5.10 Å². The number of aromatic amines is 1. The van der Waals surface area contributed by atoms with E-state index in [1.807, 2.05) is 13.8 Å².